The maximum absolute atomic E-state index is 13.4. The van der Waals surface area contributed by atoms with E-state index < -0.39 is 5.25 Å². The van der Waals surface area contributed by atoms with E-state index in [0.717, 1.165) is 0 Å². The van der Waals surface area contributed by atoms with Gasteiger partial charge < -0.3 is 5.32 Å². The summed E-state index contributed by atoms with van der Waals surface area (Å²) in [5.41, 5.74) is 1.91. The number of carbonyl (C=O) groups is 2. The normalized spacial score (nSPS) is 11.8. The van der Waals surface area contributed by atoms with Crippen LogP contribution < -0.4 is 10.9 Å². The Labute approximate surface area is 199 Å². The summed E-state index contributed by atoms with van der Waals surface area (Å²) in [5, 5.41) is 3.40. The van der Waals surface area contributed by atoms with Crippen molar-refractivity contribution in [2.24, 2.45) is 0 Å². The van der Waals surface area contributed by atoms with Crippen molar-refractivity contribution in [2.45, 2.75) is 24.3 Å². The zero-order valence-electron chi connectivity index (χ0n) is 17.9. The van der Waals surface area contributed by atoms with Crippen molar-refractivity contribution in [1.29, 1.82) is 0 Å². The van der Waals surface area contributed by atoms with Gasteiger partial charge >= 0.3 is 0 Å². The standard InChI is InChI=1S/C25H20ClN3O3S/c1-15(23(31)17-11-13-18(14-12-17)27-16(2)30)33-25-28-21-9-5-3-7-19(21)24(32)29(25)22-10-6-4-8-20(22)26/h3-15H,1-2H3,(H,27,30). The molecule has 0 radical (unpaired) electrons. The lowest BCUT2D eigenvalue weighted by atomic mass is 10.1. The van der Waals surface area contributed by atoms with E-state index in [4.69, 9.17) is 11.6 Å². The lowest BCUT2D eigenvalue weighted by Gasteiger charge is -2.17. The molecule has 1 amide bonds. The first-order valence-electron chi connectivity index (χ1n) is 10.2. The number of anilines is 1. The van der Waals surface area contributed by atoms with Gasteiger partial charge in [0.05, 0.1) is 26.9 Å². The molecule has 3 aromatic carbocycles. The van der Waals surface area contributed by atoms with E-state index in [9.17, 15) is 14.4 Å². The van der Waals surface area contributed by atoms with Gasteiger partial charge in [-0.2, -0.15) is 0 Å². The maximum Gasteiger partial charge on any atom is 0.266 e. The molecule has 0 aliphatic heterocycles. The predicted octanol–water partition coefficient (Wildman–Crippen LogP) is 5.36. The average molecular weight is 478 g/mol. The third-order valence-corrected chi connectivity index (χ3v) is 6.35. The summed E-state index contributed by atoms with van der Waals surface area (Å²) in [5.74, 6) is -0.305. The lowest BCUT2D eigenvalue weighted by Crippen LogP contribution is -2.24. The maximum atomic E-state index is 13.4. The molecular weight excluding hydrogens is 458 g/mol. The van der Waals surface area contributed by atoms with Gasteiger partial charge in [0.2, 0.25) is 5.91 Å². The van der Waals surface area contributed by atoms with Gasteiger partial charge in [-0.3, -0.25) is 19.0 Å². The van der Waals surface area contributed by atoms with E-state index in [1.807, 2.05) is 6.07 Å². The van der Waals surface area contributed by atoms with Crippen molar-refractivity contribution in [1.82, 2.24) is 9.55 Å². The Morgan fingerprint density at radius 3 is 2.36 bits per heavy atom. The van der Waals surface area contributed by atoms with Crippen LogP contribution in [-0.2, 0) is 4.79 Å². The summed E-state index contributed by atoms with van der Waals surface area (Å²) in [6, 6.07) is 20.8. The molecule has 0 bridgehead atoms. The smallest absolute Gasteiger partial charge is 0.266 e. The zero-order valence-corrected chi connectivity index (χ0v) is 19.5. The summed E-state index contributed by atoms with van der Waals surface area (Å²) in [6.07, 6.45) is 0. The Morgan fingerprint density at radius 1 is 1.00 bits per heavy atom. The topological polar surface area (TPSA) is 81.1 Å². The molecule has 0 aliphatic carbocycles. The second-order valence-corrected chi connectivity index (χ2v) is 9.10. The second-order valence-electron chi connectivity index (χ2n) is 7.39. The molecule has 0 saturated heterocycles. The number of hydrogen-bond acceptors (Lipinski definition) is 5. The largest absolute Gasteiger partial charge is 0.326 e. The third kappa shape index (κ3) is 4.84. The number of nitrogens with one attached hydrogen (secondary N) is 1. The second kappa shape index (κ2) is 9.60. The number of Topliss-reactive ketones (excluding diaryl/α,β-unsaturated/α-hetero) is 1. The molecule has 1 aromatic heterocycles. The first kappa shape index (κ1) is 22.8. The molecule has 0 spiro atoms. The number of amides is 1. The number of para-hydroxylation sites is 2. The van der Waals surface area contributed by atoms with Crippen molar-refractivity contribution < 1.29 is 9.59 Å². The number of halogens is 1. The van der Waals surface area contributed by atoms with Gasteiger partial charge in [-0.25, -0.2) is 4.98 Å². The third-order valence-electron chi connectivity index (χ3n) is 4.98. The van der Waals surface area contributed by atoms with Crippen molar-refractivity contribution in [3.05, 3.63) is 93.7 Å². The van der Waals surface area contributed by atoms with Crippen LogP contribution in [0.2, 0.25) is 5.02 Å². The molecule has 1 unspecified atom stereocenters. The van der Waals surface area contributed by atoms with Gasteiger partial charge in [0, 0.05) is 18.2 Å². The molecule has 1 N–H and O–H groups in total. The van der Waals surface area contributed by atoms with E-state index in [-0.39, 0.29) is 17.2 Å². The number of benzene rings is 3. The Morgan fingerprint density at radius 2 is 1.67 bits per heavy atom. The van der Waals surface area contributed by atoms with Crippen LogP contribution in [0.15, 0.2) is 82.7 Å². The number of carbonyl (C=O) groups excluding carboxylic acids is 2. The molecule has 166 valence electrons. The molecule has 1 heterocycles. The van der Waals surface area contributed by atoms with Gasteiger partial charge in [0.25, 0.3) is 5.56 Å². The highest BCUT2D eigenvalue weighted by Gasteiger charge is 2.22. The number of aromatic nitrogens is 2. The van der Waals surface area contributed by atoms with Gasteiger partial charge in [-0.1, -0.05) is 47.6 Å². The van der Waals surface area contributed by atoms with Gasteiger partial charge in [-0.15, -0.1) is 0 Å². The Bertz CT molecular complexity index is 1420. The summed E-state index contributed by atoms with van der Waals surface area (Å²) >= 11 is 7.60. The minimum atomic E-state index is -0.529. The predicted molar refractivity (Wildman–Crippen MR) is 133 cm³/mol. The first-order valence-corrected chi connectivity index (χ1v) is 11.5. The quantitative estimate of drug-likeness (QED) is 0.229. The number of rotatable bonds is 6. The van der Waals surface area contributed by atoms with Crippen LogP contribution in [0.1, 0.15) is 24.2 Å². The van der Waals surface area contributed by atoms with E-state index >= 15 is 0 Å². The molecule has 33 heavy (non-hydrogen) atoms. The number of nitrogens with zero attached hydrogens (tertiary/aromatic N) is 2. The highest BCUT2D eigenvalue weighted by Crippen LogP contribution is 2.29. The monoisotopic (exact) mass is 477 g/mol. The van der Waals surface area contributed by atoms with Gasteiger partial charge in [-0.05, 0) is 55.5 Å². The first-order chi connectivity index (χ1) is 15.8. The lowest BCUT2D eigenvalue weighted by molar-refractivity contribution is -0.114. The van der Waals surface area contributed by atoms with E-state index in [1.165, 1.54) is 23.3 Å². The molecule has 0 saturated carbocycles. The number of hydrogen-bond donors (Lipinski definition) is 1. The van der Waals surface area contributed by atoms with Crippen molar-refractivity contribution in [2.75, 3.05) is 5.32 Å². The number of fused-ring (bicyclic) bond motifs is 1. The van der Waals surface area contributed by atoms with Crippen LogP contribution in [0.3, 0.4) is 0 Å². The van der Waals surface area contributed by atoms with Crippen LogP contribution in [0.4, 0.5) is 5.69 Å². The van der Waals surface area contributed by atoms with E-state index in [1.54, 1.807) is 73.7 Å². The fourth-order valence-electron chi connectivity index (χ4n) is 3.40. The molecule has 4 rings (SSSR count). The summed E-state index contributed by atoms with van der Waals surface area (Å²) < 4.78 is 1.46. The Kier molecular flexibility index (Phi) is 6.62. The van der Waals surface area contributed by atoms with E-state index in [2.05, 4.69) is 10.3 Å². The SMILES string of the molecule is CC(=O)Nc1ccc(C(=O)C(C)Sc2nc3ccccc3c(=O)n2-c2ccccc2Cl)cc1. The van der Waals surface area contributed by atoms with Crippen LogP contribution in [0, 0.1) is 0 Å². The molecule has 4 aromatic rings. The fourth-order valence-corrected chi connectivity index (χ4v) is 4.62. The molecular formula is C25H20ClN3O3S. The van der Waals surface area contributed by atoms with Crippen LogP contribution >= 0.6 is 23.4 Å². The molecule has 6 nitrogen and oxygen atoms in total. The van der Waals surface area contributed by atoms with Crippen molar-refractivity contribution in [3.8, 4) is 5.69 Å². The van der Waals surface area contributed by atoms with Crippen LogP contribution in [0.25, 0.3) is 16.6 Å². The minimum Gasteiger partial charge on any atom is -0.326 e. The highest BCUT2D eigenvalue weighted by molar-refractivity contribution is 8.00. The fraction of sp³-hybridized carbons (Fsp3) is 0.120. The Balaban J connectivity index is 1.72. The summed E-state index contributed by atoms with van der Waals surface area (Å²) in [4.78, 5) is 42.4. The molecule has 0 fully saturated rings. The molecule has 1 atom stereocenters. The van der Waals surface area contributed by atoms with Crippen LogP contribution in [0.5, 0.6) is 0 Å². The van der Waals surface area contributed by atoms with Gasteiger partial charge in [0.15, 0.2) is 10.9 Å². The van der Waals surface area contributed by atoms with Gasteiger partial charge in [0.1, 0.15) is 0 Å². The number of thioether (sulfide) groups is 1. The minimum absolute atomic E-state index is 0.123. The summed E-state index contributed by atoms with van der Waals surface area (Å²) in [6.45, 7) is 3.19. The Hall–Kier alpha value is -3.42. The summed E-state index contributed by atoms with van der Waals surface area (Å²) in [7, 11) is 0. The molecule has 8 heteroatoms. The molecule has 0 aliphatic rings. The number of ketones is 1. The zero-order chi connectivity index (χ0) is 23.5. The average Bonchev–Trinajstić information content (AvgIpc) is 2.80. The highest BCUT2D eigenvalue weighted by atomic mass is 35.5. The van der Waals surface area contributed by atoms with Crippen molar-refractivity contribution >= 4 is 51.6 Å². The van der Waals surface area contributed by atoms with Crippen LogP contribution in [-0.4, -0.2) is 26.5 Å². The van der Waals surface area contributed by atoms with E-state index in [0.29, 0.717) is 38.0 Å². The van der Waals surface area contributed by atoms with Crippen molar-refractivity contribution in [3.63, 3.8) is 0 Å².